The molecular formula is C14H28N2O2. The molecule has 4 heteroatoms. The van der Waals surface area contributed by atoms with Crippen molar-refractivity contribution < 1.29 is 9.53 Å². The second-order valence-corrected chi connectivity index (χ2v) is 5.54. The molecule has 0 aliphatic heterocycles. The Morgan fingerprint density at radius 1 is 1.33 bits per heavy atom. The molecule has 0 saturated heterocycles. The maximum Gasteiger partial charge on any atom is 0.223 e. The molecule has 0 aromatic heterocycles. The Morgan fingerprint density at radius 3 is 2.72 bits per heavy atom. The van der Waals surface area contributed by atoms with Gasteiger partial charge in [0.15, 0.2) is 0 Å². The molecule has 18 heavy (non-hydrogen) atoms. The van der Waals surface area contributed by atoms with Gasteiger partial charge in [-0.05, 0) is 38.0 Å². The number of amides is 1. The summed E-state index contributed by atoms with van der Waals surface area (Å²) < 4.78 is 5.24. The first kappa shape index (κ1) is 15.4. The fourth-order valence-corrected chi connectivity index (χ4v) is 2.71. The van der Waals surface area contributed by atoms with Crippen molar-refractivity contribution in [1.82, 2.24) is 5.32 Å². The molecule has 4 unspecified atom stereocenters. The Hall–Kier alpha value is -0.610. The molecule has 4 nitrogen and oxygen atoms in total. The van der Waals surface area contributed by atoms with Crippen molar-refractivity contribution in [3.63, 3.8) is 0 Å². The average molecular weight is 256 g/mol. The van der Waals surface area contributed by atoms with Gasteiger partial charge in [-0.15, -0.1) is 0 Å². The van der Waals surface area contributed by atoms with Crippen molar-refractivity contribution in [3.05, 3.63) is 0 Å². The highest BCUT2D eigenvalue weighted by molar-refractivity contribution is 5.79. The van der Waals surface area contributed by atoms with Gasteiger partial charge in [0.05, 0.1) is 0 Å². The first-order valence-corrected chi connectivity index (χ1v) is 7.17. The van der Waals surface area contributed by atoms with Crippen LogP contribution in [0.1, 0.15) is 40.0 Å². The minimum Gasteiger partial charge on any atom is -0.382 e. The summed E-state index contributed by atoms with van der Waals surface area (Å²) in [7, 11) is 0. The summed E-state index contributed by atoms with van der Waals surface area (Å²) in [6, 6.07) is 0.167. The van der Waals surface area contributed by atoms with E-state index in [1.807, 2.05) is 6.92 Å². The summed E-state index contributed by atoms with van der Waals surface area (Å²) in [6.07, 6.45) is 2.75. The van der Waals surface area contributed by atoms with E-state index in [9.17, 15) is 4.79 Å². The summed E-state index contributed by atoms with van der Waals surface area (Å²) >= 11 is 0. The molecular weight excluding hydrogens is 228 g/mol. The van der Waals surface area contributed by atoms with Gasteiger partial charge in [-0.1, -0.05) is 13.8 Å². The van der Waals surface area contributed by atoms with E-state index in [0.717, 1.165) is 25.9 Å². The Kier molecular flexibility index (Phi) is 6.65. The lowest BCUT2D eigenvalue weighted by molar-refractivity contribution is -0.128. The Morgan fingerprint density at radius 2 is 2.06 bits per heavy atom. The number of hydrogen-bond donors (Lipinski definition) is 2. The number of rotatable bonds is 6. The second kappa shape index (κ2) is 7.74. The van der Waals surface area contributed by atoms with Crippen LogP contribution in [0.3, 0.4) is 0 Å². The molecule has 1 saturated carbocycles. The lowest BCUT2D eigenvalue weighted by Gasteiger charge is -2.36. The lowest BCUT2D eigenvalue weighted by atomic mass is 9.72. The summed E-state index contributed by atoms with van der Waals surface area (Å²) in [5.41, 5.74) is 6.06. The van der Waals surface area contributed by atoms with E-state index in [0.29, 0.717) is 25.0 Å². The van der Waals surface area contributed by atoms with Gasteiger partial charge in [0.2, 0.25) is 5.91 Å². The van der Waals surface area contributed by atoms with Crippen LogP contribution in [0.5, 0.6) is 0 Å². The number of nitrogens with one attached hydrogen (secondary N) is 1. The first-order chi connectivity index (χ1) is 8.56. The topological polar surface area (TPSA) is 64.3 Å². The molecule has 0 radical (unpaired) electrons. The Balaban J connectivity index is 2.28. The number of hydrogen-bond acceptors (Lipinski definition) is 3. The van der Waals surface area contributed by atoms with Gasteiger partial charge in [-0.2, -0.15) is 0 Å². The van der Waals surface area contributed by atoms with Crippen LogP contribution in [0.2, 0.25) is 0 Å². The van der Waals surface area contributed by atoms with Crippen LogP contribution in [0, 0.1) is 17.8 Å². The normalized spacial score (nSPS) is 32.2. The molecule has 0 aromatic carbocycles. The van der Waals surface area contributed by atoms with Gasteiger partial charge in [0, 0.05) is 31.7 Å². The standard InChI is InChI=1S/C14H28N2O2/c1-4-18-7-5-6-16-14(17)12-9-13(15)11(3)8-10(12)2/h10-13H,4-9,15H2,1-3H3,(H,16,17). The third-order valence-corrected chi connectivity index (χ3v) is 3.99. The van der Waals surface area contributed by atoms with Crippen molar-refractivity contribution in [2.24, 2.45) is 23.5 Å². The fourth-order valence-electron chi connectivity index (χ4n) is 2.71. The number of ether oxygens (including phenoxy) is 1. The van der Waals surface area contributed by atoms with Crippen molar-refractivity contribution in [2.45, 2.75) is 46.1 Å². The van der Waals surface area contributed by atoms with Crippen molar-refractivity contribution in [1.29, 1.82) is 0 Å². The van der Waals surface area contributed by atoms with Crippen molar-refractivity contribution in [2.75, 3.05) is 19.8 Å². The van der Waals surface area contributed by atoms with Gasteiger partial charge in [0.25, 0.3) is 0 Å². The van der Waals surface area contributed by atoms with Crippen LogP contribution in [0.25, 0.3) is 0 Å². The molecule has 1 aliphatic rings. The predicted octanol–water partition coefficient (Wildman–Crippen LogP) is 1.54. The number of carbonyl (C=O) groups is 1. The molecule has 1 amide bonds. The van der Waals surface area contributed by atoms with E-state index in [1.165, 1.54) is 0 Å². The first-order valence-electron chi connectivity index (χ1n) is 7.17. The molecule has 0 heterocycles. The highest BCUT2D eigenvalue weighted by Gasteiger charge is 2.34. The molecule has 0 bridgehead atoms. The zero-order chi connectivity index (χ0) is 13.5. The van der Waals surface area contributed by atoms with Crippen molar-refractivity contribution in [3.8, 4) is 0 Å². The summed E-state index contributed by atoms with van der Waals surface area (Å²) in [4.78, 5) is 12.1. The largest absolute Gasteiger partial charge is 0.382 e. The maximum absolute atomic E-state index is 12.1. The molecule has 0 spiro atoms. The number of carbonyl (C=O) groups excluding carboxylic acids is 1. The highest BCUT2D eigenvalue weighted by atomic mass is 16.5. The minimum atomic E-state index is 0.0864. The summed E-state index contributed by atoms with van der Waals surface area (Å²) in [5.74, 6) is 1.22. The smallest absolute Gasteiger partial charge is 0.223 e. The van der Waals surface area contributed by atoms with Gasteiger partial charge in [-0.25, -0.2) is 0 Å². The molecule has 0 aromatic rings. The van der Waals surface area contributed by atoms with Crippen LogP contribution in [0.15, 0.2) is 0 Å². The minimum absolute atomic E-state index is 0.0864. The zero-order valence-electron chi connectivity index (χ0n) is 11.9. The van der Waals surface area contributed by atoms with E-state index in [1.54, 1.807) is 0 Å². The second-order valence-electron chi connectivity index (χ2n) is 5.54. The van der Waals surface area contributed by atoms with Gasteiger partial charge >= 0.3 is 0 Å². The Bertz CT molecular complexity index is 258. The third-order valence-electron chi connectivity index (χ3n) is 3.99. The zero-order valence-corrected chi connectivity index (χ0v) is 11.9. The van der Waals surface area contributed by atoms with E-state index in [4.69, 9.17) is 10.5 Å². The molecule has 1 aliphatic carbocycles. The van der Waals surface area contributed by atoms with E-state index >= 15 is 0 Å². The molecule has 3 N–H and O–H groups in total. The lowest BCUT2D eigenvalue weighted by Crippen LogP contribution is -2.45. The summed E-state index contributed by atoms with van der Waals surface area (Å²) in [6.45, 7) is 8.47. The van der Waals surface area contributed by atoms with E-state index in [-0.39, 0.29) is 17.9 Å². The van der Waals surface area contributed by atoms with Crippen LogP contribution in [0.4, 0.5) is 0 Å². The molecule has 1 rings (SSSR count). The van der Waals surface area contributed by atoms with E-state index < -0.39 is 0 Å². The van der Waals surface area contributed by atoms with Gasteiger partial charge in [0.1, 0.15) is 0 Å². The quantitative estimate of drug-likeness (QED) is 0.709. The van der Waals surface area contributed by atoms with Crippen LogP contribution < -0.4 is 11.1 Å². The third kappa shape index (κ3) is 4.58. The monoisotopic (exact) mass is 256 g/mol. The van der Waals surface area contributed by atoms with E-state index in [2.05, 4.69) is 19.2 Å². The van der Waals surface area contributed by atoms with Gasteiger partial charge < -0.3 is 15.8 Å². The van der Waals surface area contributed by atoms with Crippen LogP contribution >= 0.6 is 0 Å². The fraction of sp³-hybridized carbons (Fsp3) is 0.929. The average Bonchev–Trinajstić information content (AvgIpc) is 2.33. The Labute approximate surface area is 111 Å². The van der Waals surface area contributed by atoms with Crippen molar-refractivity contribution >= 4 is 5.91 Å². The SMILES string of the molecule is CCOCCCNC(=O)C1CC(N)C(C)CC1C. The maximum atomic E-state index is 12.1. The molecule has 4 atom stereocenters. The molecule has 106 valence electrons. The van der Waals surface area contributed by atoms with Crippen LogP contribution in [-0.2, 0) is 9.53 Å². The van der Waals surface area contributed by atoms with Crippen LogP contribution in [-0.4, -0.2) is 31.7 Å². The summed E-state index contributed by atoms with van der Waals surface area (Å²) in [5, 5.41) is 3.00. The van der Waals surface area contributed by atoms with Gasteiger partial charge in [-0.3, -0.25) is 4.79 Å². The predicted molar refractivity (Wildman–Crippen MR) is 73.1 cm³/mol. The number of nitrogens with two attached hydrogens (primary N) is 1. The highest BCUT2D eigenvalue weighted by Crippen LogP contribution is 2.32. The molecule has 1 fully saturated rings.